The Morgan fingerprint density at radius 1 is 1.16 bits per heavy atom. The van der Waals surface area contributed by atoms with E-state index in [1.54, 1.807) is 0 Å². The van der Waals surface area contributed by atoms with E-state index in [0.29, 0.717) is 11.8 Å². The minimum Gasteiger partial charge on any atom is -0.341 e. The van der Waals surface area contributed by atoms with Crippen LogP contribution in [0, 0.1) is 0 Å². The Hall–Kier alpha value is -1.09. The highest BCUT2D eigenvalue weighted by Gasteiger charge is 2.41. The average molecular weight is 274 g/mol. The monoisotopic (exact) mass is 274 g/mol. The first-order valence-electron chi connectivity index (χ1n) is 7.07. The zero-order chi connectivity index (χ0) is 13.9. The SMILES string of the molecule is CC(C)c1nc2c([nH]1)-c1sc(C(C)C)cc1C2(C)C. The maximum atomic E-state index is 4.86. The standard InChI is InChI=1S/C16H22N2S/c1-8(2)11-7-10-13(19-11)12-14(16(10,5)6)18-15(17-12)9(3)4/h7-9H,1-6H3,(H,17,18). The molecule has 1 aliphatic rings. The van der Waals surface area contributed by atoms with Gasteiger partial charge < -0.3 is 4.98 Å². The molecule has 1 aliphatic carbocycles. The Bertz CT molecular complexity index is 575. The van der Waals surface area contributed by atoms with E-state index in [-0.39, 0.29) is 5.41 Å². The smallest absolute Gasteiger partial charge is 0.109 e. The number of thiophene rings is 1. The van der Waals surface area contributed by atoms with Crippen molar-refractivity contribution in [3.8, 4) is 10.6 Å². The van der Waals surface area contributed by atoms with E-state index in [1.807, 2.05) is 11.3 Å². The second kappa shape index (κ2) is 3.95. The number of H-pyrrole nitrogens is 1. The summed E-state index contributed by atoms with van der Waals surface area (Å²) in [6.45, 7) is 13.5. The van der Waals surface area contributed by atoms with E-state index in [1.165, 1.54) is 26.7 Å². The molecule has 0 atom stereocenters. The quantitative estimate of drug-likeness (QED) is 0.818. The molecule has 0 fully saturated rings. The molecule has 3 rings (SSSR count). The molecule has 3 heteroatoms. The van der Waals surface area contributed by atoms with Gasteiger partial charge in [0.15, 0.2) is 0 Å². The molecule has 0 amide bonds. The van der Waals surface area contributed by atoms with E-state index in [4.69, 9.17) is 4.98 Å². The van der Waals surface area contributed by atoms with Crippen LogP contribution in [0.4, 0.5) is 0 Å². The predicted octanol–water partition coefficient (Wildman–Crippen LogP) is 5.02. The van der Waals surface area contributed by atoms with Crippen LogP contribution in [0.3, 0.4) is 0 Å². The Kier molecular flexibility index (Phi) is 2.69. The Labute approximate surface area is 119 Å². The molecule has 1 N–H and O–H groups in total. The summed E-state index contributed by atoms with van der Waals surface area (Å²) in [5, 5.41) is 0. The van der Waals surface area contributed by atoms with Crippen molar-refractivity contribution < 1.29 is 0 Å². The van der Waals surface area contributed by atoms with Gasteiger partial charge in [0.2, 0.25) is 0 Å². The van der Waals surface area contributed by atoms with Crippen molar-refractivity contribution >= 4 is 11.3 Å². The molecule has 19 heavy (non-hydrogen) atoms. The number of nitrogens with one attached hydrogen (secondary N) is 1. The molecule has 2 heterocycles. The molecule has 102 valence electrons. The molecule has 0 unspecified atom stereocenters. The van der Waals surface area contributed by atoms with Gasteiger partial charge in [0, 0.05) is 16.2 Å². The van der Waals surface area contributed by atoms with Crippen molar-refractivity contribution in [1.82, 2.24) is 9.97 Å². The van der Waals surface area contributed by atoms with Crippen molar-refractivity contribution in [2.24, 2.45) is 0 Å². The number of aromatic nitrogens is 2. The number of aromatic amines is 1. The third-order valence-electron chi connectivity index (χ3n) is 4.08. The number of rotatable bonds is 2. The molecule has 0 saturated carbocycles. The second-order valence-corrected chi connectivity index (χ2v) is 7.76. The van der Waals surface area contributed by atoms with Gasteiger partial charge in [-0.05, 0) is 17.5 Å². The van der Waals surface area contributed by atoms with Gasteiger partial charge in [0.05, 0.1) is 16.3 Å². The first-order valence-corrected chi connectivity index (χ1v) is 7.89. The lowest BCUT2D eigenvalue weighted by molar-refractivity contribution is 0.633. The third-order valence-corrected chi connectivity index (χ3v) is 5.53. The summed E-state index contributed by atoms with van der Waals surface area (Å²) in [6.07, 6.45) is 0. The van der Waals surface area contributed by atoms with E-state index in [2.05, 4.69) is 52.6 Å². The van der Waals surface area contributed by atoms with Gasteiger partial charge in [-0.1, -0.05) is 41.5 Å². The van der Waals surface area contributed by atoms with Crippen molar-refractivity contribution in [1.29, 1.82) is 0 Å². The molecule has 0 bridgehead atoms. The average Bonchev–Trinajstić information content (AvgIpc) is 2.95. The highest BCUT2D eigenvalue weighted by Crippen LogP contribution is 2.52. The van der Waals surface area contributed by atoms with Gasteiger partial charge >= 0.3 is 0 Å². The van der Waals surface area contributed by atoms with Crippen molar-refractivity contribution in [2.75, 3.05) is 0 Å². The zero-order valence-corrected chi connectivity index (χ0v) is 13.4. The highest BCUT2D eigenvalue weighted by molar-refractivity contribution is 7.15. The molecule has 2 nitrogen and oxygen atoms in total. The summed E-state index contributed by atoms with van der Waals surface area (Å²) in [7, 11) is 0. The summed E-state index contributed by atoms with van der Waals surface area (Å²) in [4.78, 5) is 11.3. The van der Waals surface area contributed by atoms with Gasteiger partial charge in [-0.3, -0.25) is 0 Å². The van der Waals surface area contributed by atoms with Crippen LogP contribution in [0.25, 0.3) is 10.6 Å². The van der Waals surface area contributed by atoms with Crippen LogP contribution >= 0.6 is 11.3 Å². The molecular weight excluding hydrogens is 252 g/mol. The summed E-state index contributed by atoms with van der Waals surface area (Å²) >= 11 is 1.93. The van der Waals surface area contributed by atoms with Crippen LogP contribution < -0.4 is 0 Å². The van der Waals surface area contributed by atoms with Crippen LogP contribution in [0.1, 0.15) is 75.3 Å². The molecule has 2 aromatic heterocycles. The minimum atomic E-state index is 0.0396. The molecule has 0 saturated heterocycles. The van der Waals surface area contributed by atoms with E-state index >= 15 is 0 Å². The maximum Gasteiger partial charge on any atom is 0.109 e. The Balaban J connectivity index is 2.20. The molecule has 0 aliphatic heterocycles. The number of imidazole rings is 1. The fourth-order valence-corrected chi connectivity index (χ4v) is 4.08. The van der Waals surface area contributed by atoms with E-state index in [9.17, 15) is 0 Å². The Morgan fingerprint density at radius 3 is 2.42 bits per heavy atom. The van der Waals surface area contributed by atoms with Gasteiger partial charge in [-0.25, -0.2) is 4.98 Å². The highest BCUT2D eigenvalue weighted by atomic mass is 32.1. The maximum absolute atomic E-state index is 4.86. The van der Waals surface area contributed by atoms with Crippen LogP contribution in [0.15, 0.2) is 6.07 Å². The number of hydrogen-bond acceptors (Lipinski definition) is 2. The van der Waals surface area contributed by atoms with Gasteiger partial charge in [-0.15, -0.1) is 11.3 Å². The van der Waals surface area contributed by atoms with E-state index < -0.39 is 0 Å². The van der Waals surface area contributed by atoms with Crippen LogP contribution in [-0.4, -0.2) is 9.97 Å². The molecule has 2 aromatic rings. The lowest BCUT2D eigenvalue weighted by Crippen LogP contribution is -2.15. The van der Waals surface area contributed by atoms with Gasteiger partial charge in [0.1, 0.15) is 5.82 Å². The molecule has 0 radical (unpaired) electrons. The first kappa shape index (κ1) is 12.9. The lowest BCUT2D eigenvalue weighted by atomic mass is 9.86. The number of nitrogens with zero attached hydrogens (tertiary/aromatic N) is 1. The number of fused-ring (bicyclic) bond motifs is 3. The van der Waals surface area contributed by atoms with Gasteiger partial charge in [0.25, 0.3) is 0 Å². The molecule has 0 spiro atoms. The lowest BCUT2D eigenvalue weighted by Gasteiger charge is -2.17. The summed E-state index contributed by atoms with van der Waals surface area (Å²) in [6, 6.07) is 2.38. The summed E-state index contributed by atoms with van der Waals surface area (Å²) in [5.41, 5.74) is 3.98. The predicted molar refractivity (Wildman–Crippen MR) is 82.2 cm³/mol. The summed E-state index contributed by atoms with van der Waals surface area (Å²) in [5.74, 6) is 2.17. The third kappa shape index (κ3) is 1.71. The van der Waals surface area contributed by atoms with Crippen LogP contribution in [-0.2, 0) is 5.41 Å². The van der Waals surface area contributed by atoms with Crippen LogP contribution in [0.2, 0.25) is 0 Å². The van der Waals surface area contributed by atoms with Gasteiger partial charge in [-0.2, -0.15) is 0 Å². The Morgan fingerprint density at radius 2 is 1.84 bits per heavy atom. The zero-order valence-electron chi connectivity index (χ0n) is 12.6. The van der Waals surface area contributed by atoms with Crippen molar-refractivity contribution in [2.45, 2.75) is 58.8 Å². The second-order valence-electron chi connectivity index (χ2n) is 6.67. The first-order chi connectivity index (χ1) is 8.82. The fraction of sp³-hybridized carbons (Fsp3) is 0.562. The normalized spacial score (nSPS) is 16.2. The van der Waals surface area contributed by atoms with Crippen molar-refractivity contribution in [3.05, 3.63) is 28.0 Å². The number of hydrogen-bond donors (Lipinski definition) is 1. The molecular formula is C16H22N2S. The van der Waals surface area contributed by atoms with E-state index in [0.717, 1.165) is 5.82 Å². The van der Waals surface area contributed by atoms with Crippen molar-refractivity contribution in [3.63, 3.8) is 0 Å². The largest absolute Gasteiger partial charge is 0.341 e. The fourth-order valence-electron chi connectivity index (χ4n) is 2.75. The topological polar surface area (TPSA) is 28.7 Å². The summed E-state index contributed by atoms with van der Waals surface area (Å²) < 4.78 is 0. The minimum absolute atomic E-state index is 0.0396. The van der Waals surface area contributed by atoms with Crippen LogP contribution in [0.5, 0.6) is 0 Å². The molecule has 0 aromatic carbocycles.